The summed E-state index contributed by atoms with van der Waals surface area (Å²) in [4.78, 5) is 0. The van der Waals surface area contributed by atoms with Gasteiger partial charge in [0, 0.05) is 12.5 Å². The Labute approximate surface area is 97.2 Å². The van der Waals surface area contributed by atoms with Crippen LogP contribution in [0, 0.1) is 17.8 Å². The van der Waals surface area contributed by atoms with Crippen LogP contribution in [-0.4, -0.2) is 6.04 Å². The quantitative estimate of drug-likeness (QED) is 0.456. The van der Waals surface area contributed by atoms with Crippen LogP contribution in [-0.2, 0) is 12.8 Å². The zero-order chi connectivity index (χ0) is 11.4. The number of hydrogen-bond acceptors (Lipinski definition) is 2. The lowest BCUT2D eigenvalue weighted by Crippen LogP contribution is -2.41. The van der Waals surface area contributed by atoms with Crippen LogP contribution < -0.4 is 11.3 Å². The second kappa shape index (κ2) is 5.16. The summed E-state index contributed by atoms with van der Waals surface area (Å²) in [6.07, 6.45) is 3.08. The molecule has 2 nitrogen and oxygen atoms in total. The highest BCUT2D eigenvalue weighted by atomic mass is 15.2. The highest BCUT2D eigenvalue weighted by molar-refractivity contribution is 5.32. The Morgan fingerprint density at radius 2 is 2.00 bits per heavy atom. The van der Waals surface area contributed by atoms with Gasteiger partial charge in [-0.25, -0.2) is 0 Å². The molecule has 0 bridgehead atoms. The summed E-state index contributed by atoms with van der Waals surface area (Å²) < 4.78 is 0. The molecular formula is C14H18N2. The highest BCUT2D eigenvalue weighted by Crippen LogP contribution is 2.29. The van der Waals surface area contributed by atoms with Crippen LogP contribution >= 0.6 is 0 Å². The number of hydrogen-bond donors (Lipinski definition) is 2. The van der Waals surface area contributed by atoms with Gasteiger partial charge in [-0.3, -0.25) is 11.3 Å². The van der Waals surface area contributed by atoms with E-state index in [0.717, 1.165) is 19.3 Å². The maximum atomic E-state index is 5.61. The van der Waals surface area contributed by atoms with Crippen LogP contribution in [0.25, 0.3) is 0 Å². The summed E-state index contributed by atoms with van der Waals surface area (Å²) in [5.41, 5.74) is 5.85. The molecule has 0 fully saturated rings. The largest absolute Gasteiger partial charge is 0.271 e. The third-order valence-corrected chi connectivity index (χ3v) is 3.36. The van der Waals surface area contributed by atoms with E-state index in [1.54, 1.807) is 0 Å². The van der Waals surface area contributed by atoms with Crippen LogP contribution in [0.3, 0.4) is 0 Å². The van der Waals surface area contributed by atoms with Gasteiger partial charge in [0.25, 0.3) is 0 Å². The Kier molecular flexibility index (Phi) is 3.61. The van der Waals surface area contributed by atoms with Crippen LogP contribution in [0.1, 0.15) is 24.5 Å². The minimum Gasteiger partial charge on any atom is -0.271 e. The molecule has 2 rings (SSSR count). The maximum absolute atomic E-state index is 5.61. The molecule has 16 heavy (non-hydrogen) atoms. The molecule has 84 valence electrons. The van der Waals surface area contributed by atoms with Crippen molar-refractivity contribution in [3.05, 3.63) is 35.4 Å². The van der Waals surface area contributed by atoms with E-state index in [1.807, 2.05) is 6.92 Å². The standard InChI is InChI=1S/C14H18N2/c1-2-3-8-14(16-15)13-9-11-6-4-5-7-12(11)10-13/h4-7,13-14,16H,8-10,15H2,1H3. The average molecular weight is 214 g/mol. The molecule has 3 N–H and O–H groups in total. The lowest BCUT2D eigenvalue weighted by atomic mass is 9.95. The molecule has 1 unspecified atom stereocenters. The molecule has 0 amide bonds. The van der Waals surface area contributed by atoms with E-state index in [0.29, 0.717) is 12.0 Å². The molecule has 0 radical (unpaired) electrons. The van der Waals surface area contributed by atoms with Gasteiger partial charge in [-0.15, -0.1) is 11.8 Å². The Bertz CT molecular complexity index is 389. The van der Waals surface area contributed by atoms with E-state index < -0.39 is 0 Å². The van der Waals surface area contributed by atoms with E-state index in [-0.39, 0.29) is 0 Å². The van der Waals surface area contributed by atoms with Gasteiger partial charge in [0.15, 0.2) is 0 Å². The van der Waals surface area contributed by atoms with Gasteiger partial charge in [-0.1, -0.05) is 24.3 Å². The predicted octanol–water partition coefficient (Wildman–Crippen LogP) is 1.65. The summed E-state index contributed by atoms with van der Waals surface area (Å²) >= 11 is 0. The first kappa shape index (κ1) is 11.2. The molecule has 1 aromatic carbocycles. The number of nitrogens with two attached hydrogens (primary N) is 1. The fourth-order valence-electron chi connectivity index (χ4n) is 2.45. The second-order valence-electron chi connectivity index (χ2n) is 4.34. The van der Waals surface area contributed by atoms with Gasteiger partial charge in [0.1, 0.15) is 0 Å². The van der Waals surface area contributed by atoms with E-state index in [9.17, 15) is 0 Å². The Balaban J connectivity index is 2.05. The van der Waals surface area contributed by atoms with Crippen molar-refractivity contribution >= 4 is 0 Å². The first-order chi connectivity index (χ1) is 7.85. The monoisotopic (exact) mass is 214 g/mol. The number of benzene rings is 1. The summed E-state index contributed by atoms with van der Waals surface area (Å²) in [5, 5.41) is 0. The van der Waals surface area contributed by atoms with Crippen molar-refractivity contribution in [3.63, 3.8) is 0 Å². The summed E-state index contributed by atoms with van der Waals surface area (Å²) in [6.45, 7) is 1.87. The summed E-state index contributed by atoms with van der Waals surface area (Å²) in [5.74, 6) is 12.2. The zero-order valence-corrected chi connectivity index (χ0v) is 9.66. The van der Waals surface area contributed by atoms with Crippen LogP contribution in [0.2, 0.25) is 0 Å². The van der Waals surface area contributed by atoms with E-state index in [1.165, 1.54) is 11.1 Å². The van der Waals surface area contributed by atoms with Crippen molar-refractivity contribution in [2.45, 2.75) is 32.2 Å². The van der Waals surface area contributed by atoms with Gasteiger partial charge >= 0.3 is 0 Å². The molecule has 0 heterocycles. The predicted molar refractivity (Wildman–Crippen MR) is 66.5 cm³/mol. The zero-order valence-electron chi connectivity index (χ0n) is 9.66. The Hall–Kier alpha value is -1.30. The third-order valence-electron chi connectivity index (χ3n) is 3.36. The third kappa shape index (κ3) is 2.27. The van der Waals surface area contributed by atoms with Gasteiger partial charge in [0.05, 0.1) is 0 Å². The molecule has 0 aliphatic heterocycles. The minimum absolute atomic E-state index is 0.305. The average Bonchev–Trinajstić information content (AvgIpc) is 2.73. The number of rotatable bonds is 3. The molecule has 1 aliphatic rings. The molecule has 0 spiro atoms. The van der Waals surface area contributed by atoms with Crippen molar-refractivity contribution in [1.29, 1.82) is 0 Å². The normalized spacial score (nSPS) is 16.4. The SMILES string of the molecule is CC#CCC(NN)C1Cc2ccccc2C1. The molecule has 1 aromatic rings. The van der Waals surface area contributed by atoms with Crippen LogP contribution in [0.15, 0.2) is 24.3 Å². The molecule has 1 aliphatic carbocycles. The van der Waals surface area contributed by atoms with Crippen LogP contribution in [0.4, 0.5) is 0 Å². The molecule has 0 saturated heterocycles. The van der Waals surface area contributed by atoms with Gasteiger partial charge < -0.3 is 0 Å². The molecule has 0 saturated carbocycles. The second-order valence-corrected chi connectivity index (χ2v) is 4.34. The van der Waals surface area contributed by atoms with Crippen molar-refractivity contribution in [1.82, 2.24) is 5.43 Å². The number of fused-ring (bicyclic) bond motifs is 1. The number of hydrazine groups is 1. The van der Waals surface area contributed by atoms with Crippen molar-refractivity contribution < 1.29 is 0 Å². The molecular weight excluding hydrogens is 196 g/mol. The van der Waals surface area contributed by atoms with Gasteiger partial charge in [-0.05, 0) is 36.8 Å². The molecule has 1 atom stereocenters. The van der Waals surface area contributed by atoms with E-state index in [2.05, 4.69) is 41.5 Å². The van der Waals surface area contributed by atoms with Crippen molar-refractivity contribution in [2.24, 2.45) is 11.8 Å². The van der Waals surface area contributed by atoms with Crippen molar-refractivity contribution in [2.75, 3.05) is 0 Å². The Morgan fingerprint density at radius 1 is 1.38 bits per heavy atom. The fraction of sp³-hybridized carbons (Fsp3) is 0.429. The first-order valence-electron chi connectivity index (χ1n) is 5.77. The topological polar surface area (TPSA) is 38.0 Å². The van der Waals surface area contributed by atoms with Crippen molar-refractivity contribution in [3.8, 4) is 11.8 Å². The lowest BCUT2D eigenvalue weighted by molar-refractivity contribution is 0.375. The van der Waals surface area contributed by atoms with E-state index in [4.69, 9.17) is 5.84 Å². The summed E-state index contributed by atoms with van der Waals surface area (Å²) in [6, 6.07) is 8.96. The summed E-state index contributed by atoms with van der Waals surface area (Å²) in [7, 11) is 0. The molecule has 0 aromatic heterocycles. The Morgan fingerprint density at radius 3 is 2.50 bits per heavy atom. The lowest BCUT2D eigenvalue weighted by Gasteiger charge is -2.20. The van der Waals surface area contributed by atoms with Crippen LogP contribution in [0.5, 0.6) is 0 Å². The van der Waals surface area contributed by atoms with Gasteiger partial charge in [0.2, 0.25) is 0 Å². The molecule has 2 heteroatoms. The first-order valence-corrected chi connectivity index (χ1v) is 5.77. The maximum Gasteiger partial charge on any atom is 0.0354 e. The highest BCUT2D eigenvalue weighted by Gasteiger charge is 2.27. The number of nitrogens with one attached hydrogen (secondary N) is 1. The minimum atomic E-state index is 0.305. The van der Waals surface area contributed by atoms with Gasteiger partial charge in [-0.2, -0.15) is 0 Å². The fourth-order valence-corrected chi connectivity index (χ4v) is 2.45. The smallest absolute Gasteiger partial charge is 0.0354 e. The van der Waals surface area contributed by atoms with E-state index >= 15 is 0 Å².